The monoisotopic (exact) mass is 417 g/mol. The van der Waals surface area contributed by atoms with Crippen molar-refractivity contribution in [2.45, 2.75) is 38.8 Å². The number of amides is 2. The molecule has 8 heteroatoms. The van der Waals surface area contributed by atoms with E-state index in [2.05, 4.69) is 5.32 Å². The van der Waals surface area contributed by atoms with Gasteiger partial charge in [0, 0.05) is 12.2 Å². The number of fused-ring (bicyclic) bond motifs is 3. The number of anilines is 4. The van der Waals surface area contributed by atoms with Crippen LogP contribution in [0.4, 0.5) is 35.9 Å². The predicted octanol–water partition coefficient (Wildman–Crippen LogP) is 4.57. The fourth-order valence-electron chi connectivity index (χ4n) is 4.25. The lowest BCUT2D eigenvalue weighted by molar-refractivity contribution is -0.125. The average molecular weight is 417 g/mol. The number of nitrogens with one attached hydrogen (secondary N) is 1. The molecule has 1 aliphatic carbocycles. The van der Waals surface area contributed by atoms with Gasteiger partial charge in [-0.3, -0.25) is 14.5 Å². The number of alkyl halides is 3. The molecule has 0 radical (unpaired) electrons. The Kier molecular flexibility index (Phi) is 5.17. The van der Waals surface area contributed by atoms with Gasteiger partial charge in [-0.2, -0.15) is 13.2 Å². The van der Waals surface area contributed by atoms with E-state index in [1.165, 1.54) is 22.6 Å². The molecule has 2 aliphatic rings. The van der Waals surface area contributed by atoms with Gasteiger partial charge in [0.15, 0.2) is 0 Å². The Morgan fingerprint density at radius 1 is 1.07 bits per heavy atom. The summed E-state index contributed by atoms with van der Waals surface area (Å²) in [5.41, 5.74) is 4.28. The van der Waals surface area contributed by atoms with E-state index in [-0.39, 0.29) is 18.0 Å². The summed E-state index contributed by atoms with van der Waals surface area (Å²) in [4.78, 5) is 29.0. The van der Waals surface area contributed by atoms with Gasteiger partial charge >= 0.3 is 6.18 Å². The quantitative estimate of drug-likeness (QED) is 0.742. The van der Waals surface area contributed by atoms with Crippen molar-refractivity contribution in [2.75, 3.05) is 28.2 Å². The van der Waals surface area contributed by atoms with Crippen molar-refractivity contribution in [3.8, 4) is 0 Å². The molecule has 0 saturated heterocycles. The number of halogens is 3. The van der Waals surface area contributed by atoms with Gasteiger partial charge in [-0.1, -0.05) is 12.1 Å². The molecule has 4 rings (SSSR count). The Bertz CT molecular complexity index is 1000. The molecule has 0 atom stereocenters. The summed E-state index contributed by atoms with van der Waals surface area (Å²) >= 11 is 0. The van der Waals surface area contributed by atoms with Crippen LogP contribution in [0.5, 0.6) is 0 Å². The number of benzene rings is 2. The van der Waals surface area contributed by atoms with Crippen molar-refractivity contribution in [3.05, 3.63) is 47.5 Å². The molecule has 1 heterocycles. The number of aryl methyl sites for hydroxylation is 1. The highest BCUT2D eigenvalue weighted by molar-refractivity contribution is 6.18. The molecule has 2 aromatic rings. The second-order valence-corrected chi connectivity index (χ2v) is 7.49. The Balaban J connectivity index is 1.81. The lowest BCUT2D eigenvalue weighted by Gasteiger charge is -2.27. The summed E-state index contributed by atoms with van der Waals surface area (Å²) in [7, 11) is 0. The topological polar surface area (TPSA) is 52.7 Å². The van der Waals surface area contributed by atoms with Gasteiger partial charge in [0.1, 0.15) is 13.0 Å². The molecule has 158 valence electrons. The third kappa shape index (κ3) is 3.74. The molecule has 1 aliphatic heterocycles. The van der Waals surface area contributed by atoms with Crippen LogP contribution < -0.4 is 15.1 Å². The SMILES string of the molecule is CCN1C(=O)CC(=O)N(c2cccc(NCC(F)(F)F)c2)c2ccc3c(c21)CCC3. The first-order chi connectivity index (χ1) is 14.3. The Labute approximate surface area is 172 Å². The second kappa shape index (κ2) is 7.66. The van der Waals surface area contributed by atoms with E-state index in [1.807, 2.05) is 19.1 Å². The first kappa shape index (κ1) is 20.3. The minimum Gasteiger partial charge on any atom is -0.376 e. The molecule has 0 spiro atoms. The fraction of sp³-hybridized carbons (Fsp3) is 0.364. The summed E-state index contributed by atoms with van der Waals surface area (Å²) in [5.74, 6) is -0.666. The summed E-state index contributed by atoms with van der Waals surface area (Å²) < 4.78 is 37.8. The predicted molar refractivity (Wildman–Crippen MR) is 109 cm³/mol. The number of hydrogen-bond acceptors (Lipinski definition) is 3. The van der Waals surface area contributed by atoms with Gasteiger partial charge in [0.25, 0.3) is 0 Å². The first-order valence-electron chi connectivity index (χ1n) is 9.97. The molecule has 2 aromatic carbocycles. The molecule has 2 amide bonds. The highest BCUT2D eigenvalue weighted by atomic mass is 19.4. The van der Waals surface area contributed by atoms with Gasteiger partial charge in [0.2, 0.25) is 11.8 Å². The Morgan fingerprint density at radius 3 is 2.60 bits per heavy atom. The van der Waals surface area contributed by atoms with Crippen molar-refractivity contribution in [1.29, 1.82) is 0 Å². The van der Waals surface area contributed by atoms with Crippen LogP contribution in [0.2, 0.25) is 0 Å². The van der Waals surface area contributed by atoms with Gasteiger partial charge in [-0.25, -0.2) is 0 Å². The van der Waals surface area contributed by atoms with Crippen LogP contribution in [0.1, 0.15) is 30.9 Å². The van der Waals surface area contributed by atoms with E-state index in [4.69, 9.17) is 0 Å². The average Bonchev–Trinajstić information content (AvgIpc) is 3.13. The minimum absolute atomic E-state index is 0.253. The number of rotatable bonds is 4. The van der Waals surface area contributed by atoms with Crippen molar-refractivity contribution in [3.63, 3.8) is 0 Å². The molecule has 0 aromatic heterocycles. The number of nitrogens with zero attached hydrogens (tertiary/aromatic N) is 2. The van der Waals surface area contributed by atoms with Gasteiger partial charge in [-0.15, -0.1) is 0 Å². The molecule has 0 saturated carbocycles. The van der Waals surface area contributed by atoms with Gasteiger partial charge < -0.3 is 10.2 Å². The molecule has 0 bridgehead atoms. The number of hydrogen-bond donors (Lipinski definition) is 1. The maximum atomic E-state index is 13.1. The summed E-state index contributed by atoms with van der Waals surface area (Å²) in [5, 5.41) is 2.35. The second-order valence-electron chi connectivity index (χ2n) is 7.49. The van der Waals surface area contributed by atoms with Gasteiger partial charge in [-0.05, 0) is 61.6 Å². The summed E-state index contributed by atoms with van der Waals surface area (Å²) in [6.07, 6.45) is -1.90. The van der Waals surface area contributed by atoms with E-state index < -0.39 is 18.6 Å². The number of carbonyl (C=O) groups excluding carboxylic acids is 2. The van der Waals surface area contributed by atoms with Crippen LogP contribution in [-0.4, -0.2) is 31.1 Å². The maximum Gasteiger partial charge on any atom is 0.405 e. The molecule has 1 N–H and O–H groups in total. The van der Waals surface area contributed by atoms with E-state index in [1.54, 1.807) is 17.0 Å². The van der Waals surface area contributed by atoms with E-state index >= 15 is 0 Å². The zero-order valence-electron chi connectivity index (χ0n) is 16.6. The highest BCUT2D eigenvalue weighted by Gasteiger charge is 2.35. The molecular formula is C22H22F3N3O2. The molecule has 0 unspecified atom stereocenters. The third-order valence-corrected chi connectivity index (χ3v) is 5.51. The van der Waals surface area contributed by atoms with Crippen LogP contribution in [0.15, 0.2) is 36.4 Å². The van der Waals surface area contributed by atoms with Gasteiger partial charge in [0.05, 0.1) is 17.1 Å². The summed E-state index contributed by atoms with van der Waals surface area (Å²) in [6, 6.07) is 10.1. The zero-order chi connectivity index (χ0) is 21.5. The number of carbonyl (C=O) groups is 2. The van der Waals surface area contributed by atoms with Crippen molar-refractivity contribution in [1.82, 2.24) is 0 Å². The Hall–Kier alpha value is -3.03. The van der Waals surface area contributed by atoms with Crippen molar-refractivity contribution in [2.24, 2.45) is 0 Å². The van der Waals surface area contributed by atoms with E-state index in [0.717, 1.165) is 30.5 Å². The third-order valence-electron chi connectivity index (χ3n) is 5.51. The first-order valence-corrected chi connectivity index (χ1v) is 9.97. The summed E-state index contributed by atoms with van der Waals surface area (Å²) in [6.45, 7) is 1.14. The zero-order valence-corrected chi connectivity index (χ0v) is 16.6. The van der Waals surface area contributed by atoms with Crippen LogP contribution in [0.25, 0.3) is 0 Å². The molecule has 0 fully saturated rings. The fourth-order valence-corrected chi connectivity index (χ4v) is 4.25. The molecule has 5 nitrogen and oxygen atoms in total. The largest absolute Gasteiger partial charge is 0.405 e. The van der Waals surface area contributed by atoms with E-state index in [0.29, 0.717) is 17.9 Å². The minimum atomic E-state index is -4.35. The van der Waals surface area contributed by atoms with Crippen molar-refractivity contribution < 1.29 is 22.8 Å². The standard InChI is InChI=1S/C22H22F3N3O2/c1-2-27-19(29)12-20(30)28(18-10-9-14-5-3-8-17(14)21(18)27)16-7-4-6-15(11-16)26-13-22(23,24)25/h4,6-7,9-11,26H,2-3,5,8,12-13H2,1H3. The maximum absolute atomic E-state index is 13.1. The normalized spacial score (nSPS) is 16.4. The molecular weight excluding hydrogens is 395 g/mol. The van der Waals surface area contributed by atoms with Crippen LogP contribution in [0.3, 0.4) is 0 Å². The van der Waals surface area contributed by atoms with Crippen LogP contribution >= 0.6 is 0 Å². The lowest BCUT2D eigenvalue weighted by atomic mass is 10.0. The highest BCUT2D eigenvalue weighted by Crippen LogP contribution is 2.44. The van der Waals surface area contributed by atoms with Crippen molar-refractivity contribution >= 4 is 34.6 Å². The lowest BCUT2D eigenvalue weighted by Crippen LogP contribution is -2.32. The van der Waals surface area contributed by atoms with Crippen LogP contribution in [-0.2, 0) is 22.4 Å². The Morgan fingerprint density at radius 2 is 1.87 bits per heavy atom. The van der Waals surface area contributed by atoms with Crippen LogP contribution in [0, 0.1) is 0 Å². The van der Waals surface area contributed by atoms with E-state index in [9.17, 15) is 22.8 Å². The molecule has 30 heavy (non-hydrogen) atoms. The smallest absolute Gasteiger partial charge is 0.376 e.